The van der Waals surface area contributed by atoms with Crippen LogP contribution in [0.15, 0.2) is 103 Å². The van der Waals surface area contributed by atoms with Gasteiger partial charge in [-0.25, -0.2) is 4.79 Å². The van der Waals surface area contributed by atoms with Crippen LogP contribution in [0.4, 0.5) is 0 Å². The van der Waals surface area contributed by atoms with Gasteiger partial charge in [0.25, 0.3) is 0 Å². The van der Waals surface area contributed by atoms with Gasteiger partial charge in [-0.15, -0.1) is 0 Å². The Morgan fingerprint density at radius 2 is 1.30 bits per heavy atom. The van der Waals surface area contributed by atoms with Crippen LogP contribution in [0.25, 0.3) is 10.8 Å². The molecule has 0 aliphatic rings. The minimum absolute atomic E-state index is 0.0227. The van der Waals surface area contributed by atoms with Crippen LogP contribution in [-0.4, -0.2) is 48.9 Å². The molecule has 0 saturated heterocycles. The summed E-state index contributed by atoms with van der Waals surface area (Å²) in [6, 6.07) is 29.5. The first-order valence-corrected chi connectivity index (χ1v) is 14.6. The number of rotatable bonds is 15. The van der Waals surface area contributed by atoms with E-state index in [9.17, 15) is 19.2 Å². The van der Waals surface area contributed by atoms with Crippen molar-refractivity contribution in [1.82, 2.24) is 16.0 Å². The highest BCUT2D eigenvalue weighted by atomic mass is 16.5. The predicted molar refractivity (Wildman–Crippen MR) is 167 cm³/mol. The van der Waals surface area contributed by atoms with Crippen molar-refractivity contribution < 1.29 is 28.7 Å². The maximum Gasteiger partial charge on any atom is 0.329 e. The molecular weight excluding hydrogens is 558 g/mol. The molecule has 0 radical (unpaired) electrons. The van der Waals surface area contributed by atoms with Gasteiger partial charge in [-0.2, -0.15) is 0 Å². The van der Waals surface area contributed by atoms with Crippen LogP contribution in [0.5, 0.6) is 0 Å². The third kappa shape index (κ3) is 9.78. The molecule has 44 heavy (non-hydrogen) atoms. The molecule has 2 atom stereocenters. The summed E-state index contributed by atoms with van der Waals surface area (Å²) >= 11 is 0. The van der Waals surface area contributed by atoms with Crippen LogP contribution in [0.3, 0.4) is 0 Å². The minimum atomic E-state index is -1.28. The fourth-order valence-electron chi connectivity index (χ4n) is 4.64. The molecule has 4 aromatic rings. The third-order valence-electron chi connectivity index (χ3n) is 6.93. The van der Waals surface area contributed by atoms with Crippen LogP contribution in [0.2, 0.25) is 0 Å². The third-order valence-corrected chi connectivity index (χ3v) is 6.93. The molecule has 0 bridgehead atoms. The molecule has 0 saturated carbocycles. The molecule has 9 nitrogen and oxygen atoms in total. The van der Waals surface area contributed by atoms with Crippen LogP contribution in [0.1, 0.15) is 30.0 Å². The summed E-state index contributed by atoms with van der Waals surface area (Å²) < 4.78 is 11.0. The summed E-state index contributed by atoms with van der Waals surface area (Å²) in [7, 11) is 0. The van der Waals surface area contributed by atoms with Crippen molar-refractivity contribution in [2.24, 2.45) is 0 Å². The summed E-state index contributed by atoms with van der Waals surface area (Å²) in [5.41, 5.74) is 2.42. The van der Waals surface area contributed by atoms with Crippen LogP contribution >= 0.6 is 0 Å². The topological polar surface area (TPSA) is 123 Å². The van der Waals surface area contributed by atoms with E-state index in [1.54, 1.807) is 0 Å². The monoisotopic (exact) mass is 595 g/mol. The van der Waals surface area contributed by atoms with Crippen molar-refractivity contribution in [1.29, 1.82) is 0 Å². The summed E-state index contributed by atoms with van der Waals surface area (Å²) in [6.07, 6.45) is -0.284. The van der Waals surface area contributed by atoms with Crippen molar-refractivity contribution in [3.8, 4) is 0 Å². The van der Waals surface area contributed by atoms with Gasteiger partial charge in [0.1, 0.15) is 25.3 Å². The zero-order chi connectivity index (χ0) is 31.1. The maximum atomic E-state index is 13.6. The second-order valence-electron chi connectivity index (χ2n) is 10.2. The van der Waals surface area contributed by atoms with Crippen molar-refractivity contribution in [2.45, 2.75) is 45.1 Å². The molecule has 4 rings (SSSR count). The Labute approximate surface area is 256 Å². The first kappa shape index (κ1) is 31.9. The second-order valence-corrected chi connectivity index (χ2v) is 10.2. The molecule has 3 N–H and O–H groups in total. The molecular formula is C35H37N3O6. The van der Waals surface area contributed by atoms with Gasteiger partial charge < -0.3 is 25.4 Å². The van der Waals surface area contributed by atoms with Crippen molar-refractivity contribution in [3.63, 3.8) is 0 Å². The number of esters is 2. The van der Waals surface area contributed by atoms with E-state index >= 15 is 0 Å². The Bertz CT molecular complexity index is 1540. The first-order chi connectivity index (χ1) is 21.4. The highest BCUT2D eigenvalue weighted by molar-refractivity contribution is 5.94. The Kier molecular flexibility index (Phi) is 12.0. The van der Waals surface area contributed by atoms with E-state index < -0.39 is 42.3 Å². The van der Waals surface area contributed by atoms with E-state index in [-0.39, 0.29) is 26.2 Å². The summed E-state index contributed by atoms with van der Waals surface area (Å²) in [5, 5.41) is 10.2. The Hall–Kier alpha value is -5.02. The number of ether oxygens (including phenoxy) is 2. The lowest BCUT2D eigenvalue weighted by Crippen LogP contribution is -2.54. The minimum Gasteiger partial charge on any atom is -0.461 e. The quantitative estimate of drug-likeness (QED) is 0.179. The molecule has 4 aromatic carbocycles. The standard InChI is InChI=1S/C35H37N3O6/c1-2-36-22-32(39)37-30(21-33(40)43-23-25-12-5-3-6-13-25)34(41)38-31(35(42)44-24-26-14-7-4-8-15-26)20-28-18-11-17-27-16-9-10-19-29(27)28/h3-19,30-31,36H,2,20-24H2,1H3,(H,37,39)(H,38,41)/t30-,31-/m0/s1. The smallest absolute Gasteiger partial charge is 0.329 e. The van der Waals surface area contributed by atoms with Gasteiger partial charge in [0, 0.05) is 6.42 Å². The number of hydrogen-bond acceptors (Lipinski definition) is 7. The number of benzene rings is 4. The van der Waals surface area contributed by atoms with Crippen LogP contribution in [0, 0.1) is 0 Å². The average molecular weight is 596 g/mol. The number of carbonyl (C=O) groups is 4. The van der Waals surface area contributed by atoms with Gasteiger partial charge in [-0.05, 0) is 34.0 Å². The molecule has 0 aromatic heterocycles. The number of carbonyl (C=O) groups excluding carboxylic acids is 4. The highest BCUT2D eigenvalue weighted by Crippen LogP contribution is 2.20. The molecule has 0 aliphatic carbocycles. The second kappa shape index (κ2) is 16.6. The van der Waals surface area contributed by atoms with Crippen LogP contribution < -0.4 is 16.0 Å². The van der Waals surface area contributed by atoms with E-state index in [1.165, 1.54) is 0 Å². The number of nitrogens with one attached hydrogen (secondary N) is 3. The maximum absolute atomic E-state index is 13.6. The van der Waals surface area contributed by atoms with Gasteiger partial charge in [-0.1, -0.05) is 110 Å². The number of amides is 2. The molecule has 9 heteroatoms. The molecule has 0 aliphatic heterocycles. The van der Waals surface area contributed by atoms with E-state index in [0.717, 1.165) is 27.5 Å². The fourth-order valence-corrected chi connectivity index (χ4v) is 4.64. The SMILES string of the molecule is CCNCC(=O)N[C@@H](CC(=O)OCc1ccccc1)C(=O)N[C@@H](Cc1cccc2ccccc12)C(=O)OCc1ccccc1. The highest BCUT2D eigenvalue weighted by Gasteiger charge is 2.30. The zero-order valence-electron chi connectivity index (χ0n) is 24.7. The van der Waals surface area contributed by atoms with Gasteiger partial charge in [-0.3, -0.25) is 14.4 Å². The largest absolute Gasteiger partial charge is 0.461 e. The molecule has 0 spiro atoms. The van der Waals surface area contributed by atoms with Crippen molar-refractivity contribution in [3.05, 3.63) is 120 Å². The van der Waals surface area contributed by atoms with Crippen molar-refractivity contribution in [2.75, 3.05) is 13.1 Å². The summed E-state index contributed by atoms with van der Waals surface area (Å²) in [5.74, 6) is -2.48. The molecule has 2 amide bonds. The van der Waals surface area contributed by atoms with Gasteiger partial charge >= 0.3 is 11.9 Å². The lowest BCUT2D eigenvalue weighted by Gasteiger charge is -2.23. The first-order valence-electron chi connectivity index (χ1n) is 14.6. The average Bonchev–Trinajstić information content (AvgIpc) is 3.05. The van der Waals surface area contributed by atoms with Gasteiger partial charge in [0.05, 0.1) is 13.0 Å². The Balaban J connectivity index is 1.52. The van der Waals surface area contributed by atoms with Crippen LogP contribution in [-0.2, 0) is 48.3 Å². The Morgan fingerprint density at radius 1 is 0.682 bits per heavy atom. The molecule has 0 unspecified atom stereocenters. The van der Waals surface area contributed by atoms with E-state index in [4.69, 9.17) is 9.47 Å². The number of hydrogen-bond donors (Lipinski definition) is 3. The fraction of sp³-hybridized carbons (Fsp3) is 0.257. The van der Waals surface area contributed by atoms with E-state index in [2.05, 4.69) is 16.0 Å². The predicted octanol–water partition coefficient (Wildman–Crippen LogP) is 3.84. The van der Waals surface area contributed by atoms with E-state index in [1.807, 2.05) is 110 Å². The van der Waals surface area contributed by atoms with Gasteiger partial charge in [0.15, 0.2) is 0 Å². The molecule has 0 fully saturated rings. The number of fused-ring (bicyclic) bond motifs is 1. The normalized spacial score (nSPS) is 12.1. The lowest BCUT2D eigenvalue weighted by atomic mass is 9.98. The van der Waals surface area contributed by atoms with Gasteiger partial charge in [0.2, 0.25) is 11.8 Å². The lowest BCUT2D eigenvalue weighted by molar-refractivity contribution is -0.150. The zero-order valence-corrected chi connectivity index (χ0v) is 24.7. The Morgan fingerprint density at radius 3 is 1.98 bits per heavy atom. The van der Waals surface area contributed by atoms with E-state index in [0.29, 0.717) is 6.54 Å². The molecule has 0 heterocycles. The molecule has 228 valence electrons. The summed E-state index contributed by atoms with van der Waals surface area (Å²) in [4.78, 5) is 52.5. The number of likely N-dealkylation sites (N-methyl/N-ethyl adjacent to an activating group) is 1. The summed E-state index contributed by atoms with van der Waals surface area (Å²) in [6.45, 7) is 2.39. The van der Waals surface area contributed by atoms with Crippen molar-refractivity contribution >= 4 is 34.5 Å².